The number of phenols is 1. The Bertz CT molecular complexity index is 1330. The first-order valence-corrected chi connectivity index (χ1v) is 14.4. The van der Waals surface area contributed by atoms with Crippen LogP contribution >= 0.6 is 0 Å². The summed E-state index contributed by atoms with van der Waals surface area (Å²) in [5.41, 5.74) is 3.75. The SMILES string of the molecule is CCC/C(=C\c1ccccc1O)CC[C@@H](O)C1=C(C(C)C)C[C@H]2C(=O)N(c3cccc(B(O)O)c3)C(=O)[C@H]2[C@H]1CO. The van der Waals surface area contributed by atoms with Crippen molar-refractivity contribution in [2.45, 2.75) is 59.0 Å². The van der Waals surface area contributed by atoms with Crippen LogP contribution in [0.5, 0.6) is 5.75 Å². The smallest absolute Gasteiger partial charge is 0.488 e. The maximum Gasteiger partial charge on any atom is 0.488 e. The van der Waals surface area contributed by atoms with Crippen molar-refractivity contribution in [3.05, 3.63) is 70.8 Å². The van der Waals surface area contributed by atoms with E-state index in [1.54, 1.807) is 24.3 Å². The van der Waals surface area contributed by atoms with Gasteiger partial charge in [0, 0.05) is 11.5 Å². The molecule has 4 rings (SSSR count). The van der Waals surface area contributed by atoms with Crippen LogP contribution in [0.25, 0.3) is 6.08 Å². The minimum absolute atomic E-state index is 0.00798. The highest BCUT2D eigenvalue weighted by Gasteiger charge is 2.55. The Kier molecular flexibility index (Phi) is 9.86. The van der Waals surface area contributed by atoms with Gasteiger partial charge >= 0.3 is 7.12 Å². The first-order valence-electron chi connectivity index (χ1n) is 14.4. The summed E-state index contributed by atoms with van der Waals surface area (Å²) in [5, 5.41) is 51.6. The number of carbonyl (C=O) groups excluding carboxylic acids is 2. The highest BCUT2D eigenvalue weighted by atomic mass is 16.4. The Morgan fingerprint density at radius 2 is 1.80 bits per heavy atom. The largest absolute Gasteiger partial charge is 0.507 e. The minimum Gasteiger partial charge on any atom is -0.507 e. The standard InChI is InChI=1S/C32H40BNO7/c1-4-8-20(15-21-9-5-6-12-27(21)36)13-14-28(37)29-24(19(2)3)17-25-30(26(29)18-35)32(39)34(31(25)38)23-11-7-10-22(16-23)33(40)41/h5-7,9-12,15-16,19,25-26,28,30,35-37,40-41H,4,8,13-14,17-18H2,1-3H3/b20-15+/t25-,26+,28-,30-/m1/s1. The zero-order valence-electron chi connectivity index (χ0n) is 23.9. The average molecular weight is 561 g/mol. The molecule has 0 unspecified atom stereocenters. The second-order valence-electron chi connectivity index (χ2n) is 11.4. The quantitative estimate of drug-likeness (QED) is 0.161. The lowest BCUT2D eigenvalue weighted by atomic mass is 9.66. The Balaban J connectivity index is 1.63. The number of hydrogen-bond acceptors (Lipinski definition) is 7. The molecule has 2 aliphatic rings. The number of aliphatic hydroxyl groups is 2. The molecule has 0 aromatic heterocycles. The van der Waals surface area contributed by atoms with Crippen LogP contribution in [-0.2, 0) is 9.59 Å². The molecule has 1 aliphatic carbocycles. The van der Waals surface area contributed by atoms with Crippen LogP contribution in [0.1, 0.15) is 58.4 Å². The lowest BCUT2D eigenvalue weighted by Crippen LogP contribution is -2.40. The normalized spacial score (nSPS) is 22.0. The van der Waals surface area contributed by atoms with Gasteiger partial charge in [-0.15, -0.1) is 0 Å². The van der Waals surface area contributed by atoms with Gasteiger partial charge in [-0.05, 0) is 60.8 Å². The molecule has 5 N–H and O–H groups in total. The average Bonchev–Trinajstić information content (AvgIpc) is 3.20. The van der Waals surface area contributed by atoms with Gasteiger partial charge in [0.15, 0.2) is 0 Å². The van der Waals surface area contributed by atoms with Gasteiger partial charge in [0.05, 0.1) is 30.2 Å². The van der Waals surface area contributed by atoms with Gasteiger partial charge in [0.25, 0.3) is 0 Å². The van der Waals surface area contributed by atoms with E-state index in [9.17, 15) is 35.0 Å². The molecule has 1 fully saturated rings. The monoisotopic (exact) mass is 561 g/mol. The Hall–Kier alpha value is -3.24. The van der Waals surface area contributed by atoms with Crippen LogP contribution in [0.2, 0.25) is 0 Å². The van der Waals surface area contributed by atoms with Crippen molar-refractivity contribution in [2.75, 3.05) is 11.5 Å². The van der Waals surface area contributed by atoms with Crippen LogP contribution in [0, 0.1) is 23.7 Å². The van der Waals surface area contributed by atoms with Gasteiger partial charge in [-0.3, -0.25) is 14.5 Å². The number of para-hydroxylation sites is 1. The Morgan fingerprint density at radius 1 is 1.07 bits per heavy atom. The molecule has 8 nitrogen and oxygen atoms in total. The van der Waals surface area contributed by atoms with E-state index in [2.05, 4.69) is 6.92 Å². The summed E-state index contributed by atoms with van der Waals surface area (Å²) in [6.07, 6.45) is 4.00. The number of imide groups is 1. The molecule has 0 radical (unpaired) electrons. The summed E-state index contributed by atoms with van der Waals surface area (Å²) in [7, 11) is -1.75. The van der Waals surface area contributed by atoms with Crippen molar-refractivity contribution in [3.63, 3.8) is 0 Å². The molecule has 1 aliphatic heterocycles. The summed E-state index contributed by atoms with van der Waals surface area (Å²) >= 11 is 0. The number of nitrogens with zero attached hydrogens (tertiary/aromatic N) is 1. The molecule has 9 heteroatoms. The molecule has 2 aromatic rings. The summed E-state index contributed by atoms with van der Waals surface area (Å²) in [5.74, 6) is -2.87. The molecule has 1 saturated heterocycles. The number of aliphatic hydroxyl groups excluding tert-OH is 2. The maximum absolute atomic E-state index is 13.8. The van der Waals surface area contributed by atoms with Gasteiger partial charge in [0.2, 0.25) is 11.8 Å². The van der Waals surface area contributed by atoms with E-state index in [1.807, 2.05) is 32.1 Å². The number of anilines is 1. The van der Waals surface area contributed by atoms with Crippen LogP contribution in [0.15, 0.2) is 65.3 Å². The molecule has 4 atom stereocenters. The minimum atomic E-state index is -1.75. The van der Waals surface area contributed by atoms with E-state index in [0.29, 0.717) is 30.4 Å². The number of amides is 2. The molecule has 41 heavy (non-hydrogen) atoms. The molecular formula is C32H40BNO7. The number of aromatic hydroxyl groups is 1. The molecule has 0 saturated carbocycles. The number of carbonyl (C=O) groups is 2. The second-order valence-corrected chi connectivity index (χ2v) is 11.4. The third-order valence-electron chi connectivity index (χ3n) is 8.41. The topological polar surface area (TPSA) is 139 Å². The fraction of sp³-hybridized carbons (Fsp3) is 0.438. The van der Waals surface area contributed by atoms with Crippen molar-refractivity contribution in [1.82, 2.24) is 0 Å². The zero-order valence-corrected chi connectivity index (χ0v) is 23.9. The first kappa shape index (κ1) is 30.7. The van der Waals surface area contributed by atoms with E-state index in [1.165, 1.54) is 12.1 Å². The van der Waals surface area contributed by atoms with Gasteiger partial charge in [0.1, 0.15) is 5.75 Å². The van der Waals surface area contributed by atoms with Crippen molar-refractivity contribution in [1.29, 1.82) is 0 Å². The fourth-order valence-electron chi connectivity index (χ4n) is 6.42. The van der Waals surface area contributed by atoms with Crippen LogP contribution in [-0.4, -0.2) is 57.0 Å². The highest BCUT2D eigenvalue weighted by molar-refractivity contribution is 6.58. The highest BCUT2D eigenvalue weighted by Crippen LogP contribution is 2.48. The summed E-state index contributed by atoms with van der Waals surface area (Å²) < 4.78 is 0. The Morgan fingerprint density at radius 3 is 2.44 bits per heavy atom. The van der Waals surface area contributed by atoms with Crippen molar-refractivity contribution >= 4 is 36.2 Å². The third-order valence-corrected chi connectivity index (χ3v) is 8.41. The predicted octanol–water partition coefficient (Wildman–Crippen LogP) is 3.17. The fourth-order valence-corrected chi connectivity index (χ4v) is 6.42. The van der Waals surface area contributed by atoms with Crippen molar-refractivity contribution in [3.8, 4) is 5.75 Å². The predicted molar refractivity (Wildman–Crippen MR) is 159 cm³/mol. The van der Waals surface area contributed by atoms with Gasteiger partial charge in [-0.2, -0.15) is 0 Å². The number of fused-ring (bicyclic) bond motifs is 1. The lowest BCUT2D eigenvalue weighted by molar-refractivity contribution is -0.123. The van der Waals surface area contributed by atoms with Gasteiger partial charge < -0.3 is 25.4 Å². The van der Waals surface area contributed by atoms with E-state index in [4.69, 9.17) is 0 Å². The third kappa shape index (κ3) is 6.33. The molecule has 2 aromatic carbocycles. The lowest BCUT2D eigenvalue weighted by Gasteiger charge is -2.38. The second kappa shape index (κ2) is 13.2. The molecule has 0 bridgehead atoms. The van der Waals surface area contributed by atoms with Crippen LogP contribution in [0.4, 0.5) is 5.69 Å². The van der Waals surface area contributed by atoms with Crippen LogP contribution < -0.4 is 10.4 Å². The Labute approximate surface area is 241 Å². The van der Waals surface area contributed by atoms with E-state index >= 15 is 0 Å². The molecule has 1 heterocycles. The molecular weight excluding hydrogens is 521 g/mol. The molecule has 0 spiro atoms. The van der Waals surface area contributed by atoms with E-state index in [0.717, 1.165) is 28.9 Å². The number of allylic oxidation sites excluding steroid dienone is 2. The maximum atomic E-state index is 13.8. The number of benzene rings is 2. The summed E-state index contributed by atoms with van der Waals surface area (Å²) in [6, 6.07) is 13.1. The number of rotatable bonds is 11. The van der Waals surface area contributed by atoms with E-state index in [-0.39, 0.29) is 35.3 Å². The van der Waals surface area contributed by atoms with Crippen LogP contribution in [0.3, 0.4) is 0 Å². The van der Waals surface area contributed by atoms with Gasteiger partial charge in [-0.25, -0.2) is 0 Å². The summed E-state index contributed by atoms with van der Waals surface area (Å²) in [4.78, 5) is 28.5. The van der Waals surface area contributed by atoms with Gasteiger partial charge in [-0.1, -0.05) is 74.7 Å². The number of hydrogen-bond donors (Lipinski definition) is 5. The number of phenolic OH excluding ortho intramolecular Hbond substituents is 1. The van der Waals surface area contributed by atoms with E-state index < -0.39 is 36.9 Å². The summed E-state index contributed by atoms with van der Waals surface area (Å²) in [6.45, 7) is 5.66. The van der Waals surface area contributed by atoms with Crippen molar-refractivity contribution in [2.24, 2.45) is 23.7 Å². The van der Waals surface area contributed by atoms with Crippen molar-refractivity contribution < 1.29 is 35.0 Å². The zero-order chi connectivity index (χ0) is 29.8. The molecule has 2 amide bonds. The molecule has 218 valence electrons. The first-order chi connectivity index (χ1) is 19.6.